The molecule has 0 saturated carbocycles. The van der Waals surface area contributed by atoms with Crippen molar-refractivity contribution in [1.29, 1.82) is 0 Å². The van der Waals surface area contributed by atoms with Crippen molar-refractivity contribution in [2.75, 3.05) is 12.1 Å². The molecule has 0 saturated heterocycles. The van der Waals surface area contributed by atoms with Gasteiger partial charge in [0.25, 0.3) is 0 Å². The van der Waals surface area contributed by atoms with Gasteiger partial charge in [0.05, 0.1) is 11.3 Å². The monoisotopic (exact) mass is 225 g/mol. The Kier molecular flexibility index (Phi) is 3.98. The number of hydrogen-bond donors (Lipinski definition) is 2. The average Bonchev–Trinajstić information content (AvgIpc) is 2.20. The molecule has 0 radical (unpaired) electrons. The summed E-state index contributed by atoms with van der Waals surface area (Å²) in [6.07, 6.45) is 4.96. The molecule has 0 aromatic heterocycles. The van der Waals surface area contributed by atoms with E-state index in [9.17, 15) is 4.79 Å². The van der Waals surface area contributed by atoms with E-state index in [4.69, 9.17) is 28.0 Å². The molecule has 5 heteroatoms. The molecule has 0 spiro atoms. The van der Waals surface area contributed by atoms with E-state index in [2.05, 4.69) is 11.4 Å². The van der Waals surface area contributed by atoms with Gasteiger partial charge in [0.2, 0.25) is 0 Å². The van der Waals surface area contributed by atoms with Crippen LogP contribution in [-0.2, 0) is 4.84 Å². The summed E-state index contributed by atoms with van der Waals surface area (Å²) in [4.78, 5) is 15.6. The normalized spacial score (nSPS) is 9.33. The van der Waals surface area contributed by atoms with Gasteiger partial charge >= 0.3 is 5.97 Å². The zero-order valence-electron chi connectivity index (χ0n) is 7.66. The second-order valence-electron chi connectivity index (χ2n) is 2.59. The van der Waals surface area contributed by atoms with Crippen LogP contribution in [0.15, 0.2) is 18.2 Å². The Bertz CT molecular complexity index is 412. The first-order chi connectivity index (χ1) is 7.15. The molecule has 15 heavy (non-hydrogen) atoms. The Hall–Kier alpha value is -1.70. The maximum atomic E-state index is 10.8. The Morgan fingerprint density at radius 2 is 2.40 bits per heavy atom. The standard InChI is InChI=1S/C10H8ClNO3/c1-2-5-15-12-9-4-3-7(11)6-8(9)10(13)14/h1,3-4,6,12H,5H2,(H,13,14). The van der Waals surface area contributed by atoms with Crippen molar-refractivity contribution in [3.8, 4) is 12.3 Å². The minimum Gasteiger partial charge on any atom is -0.478 e. The summed E-state index contributed by atoms with van der Waals surface area (Å²) in [6.45, 7) is 0.0433. The molecule has 2 N–H and O–H groups in total. The summed E-state index contributed by atoms with van der Waals surface area (Å²) in [6, 6.07) is 4.38. The highest BCUT2D eigenvalue weighted by molar-refractivity contribution is 6.31. The predicted molar refractivity (Wildman–Crippen MR) is 56.8 cm³/mol. The minimum absolute atomic E-state index is 0.0273. The lowest BCUT2D eigenvalue weighted by Gasteiger charge is -2.07. The van der Waals surface area contributed by atoms with Gasteiger partial charge in [0.15, 0.2) is 0 Å². The number of nitrogens with one attached hydrogen (secondary N) is 1. The zero-order valence-corrected chi connectivity index (χ0v) is 8.41. The minimum atomic E-state index is -1.09. The van der Waals surface area contributed by atoms with Crippen molar-refractivity contribution in [3.05, 3.63) is 28.8 Å². The maximum Gasteiger partial charge on any atom is 0.337 e. The highest BCUT2D eigenvalue weighted by Gasteiger charge is 2.10. The van der Waals surface area contributed by atoms with Gasteiger partial charge in [-0.05, 0) is 18.2 Å². The van der Waals surface area contributed by atoms with Gasteiger partial charge in [-0.2, -0.15) is 0 Å². The third-order valence-corrected chi connectivity index (χ3v) is 1.78. The van der Waals surface area contributed by atoms with E-state index in [0.717, 1.165) is 0 Å². The molecule has 1 aromatic carbocycles. The third-order valence-electron chi connectivity index (χ3n) is 1.55. The van der Waals surface area contributed by atoms with Crippen LogP contribution < -0.4 is 5.48 Å². The summed E-state index contributed by atoms with van der Waals surface area (Å²) in [5.41, 5.74) is 2.78. The SMILES string of the molecule is C#CCONc1ccc(Cl)cc1C(=O)O. The molecule has 0 heterocycles. The van der Waals surface area contributed by atoms with E-state index in [1.54, 1.807) is 6.07 Å². The quantitative estimate of drug-likeness (QED) is 0.468. The van der Waals surface area contributed by atoms with Crippen LogP contribution in [0.25, 0.3) is 0 Å². The van der Waals surface area contributed by atoms with Gasteiger partial charge in [-0.1, -0.05) is 17.5 Å². The molecule has 4 nitrogen and oxygen atoms in total. The van der Waals surface area contributed by atoms with E-state index in [1.165, 1.54) is 12.1 Å². The van der Waals surface area contributed by atoms with E-state index >= 15 is 0 Å². The second kappa shape index (κ2) is 5.25. The molecular formula is C10H8ClNO3. The number of terminal acetylenes is 1. The second-order valence-corrected chi connectivity index (χ2v) is 3.03. The van der Waals surface area contributed by atoms with E-state index in [1.807, 2.05) is 0 Å². The van der Waals surface area contributed by atoms with Crippen molar-refractivity contribution in [1.82, 2.24) is 0 Å². The first kappa shape index (κ1) is 11.4. The lowest BCUT2D eigenvalue weighted by molar-refractivity contribution is 0.0696. The molecule has 0 bridgehead atoms. The molecule has 78 valence electrons. The molecule has 0 fully saturated rings. The fraction of sp³-hybridized carbons (Fsp3) is 0.100. The van der Waals surface area contributed by atoms with Crippen LogP contribution in [0.2, 0.25) is 5.02 Å². The smallest absolute Gasteiger partial charge is 0.337 e. The van der Waals surface area contributed by atoms with Crippen LogP contribution >= 0.6 is 11.6 Å². The number of hydrogen-bond acceptors (Lipinski definition) is 3. The van der Waals surface area contributed by atoms with Crippen LogP contribution in [0.1, 0.15) is 10.4 Å². The summed E-state index contributed by atoms with van der Waals surface area (Å²) < 4.78 is 0. The highest BCUT2D eigenvalue weighted by atomic mass is 35.5. The Labute approximate surface area is 91.8 Å². The van der Waals surface area contributed by atoms with Crippen LogP contribution in [0.5, 0.6) is 0 Å². The third kappa shape index (κ3) is 3.17. The van der Waals surface area contributed by atoms with Crippen molar-refractivity contribution in [2.24, 2.45) is 0 Å². The van der Waals surface area contributed by atoms with Crippen molar-refractivity contribution < 1.29 is 14.7 Å². The van der Waals surface area contributed by atoms with Crippen LogP contribution in [0.3, 0.4) is 0 Å². The molecule has 0 aliphatic heterocycles. The molecule has 0 amide bonds. The first-order valence-electron chi connectivity index (χ1n) is 3.99. The van der Waals surface area contributed by atoms with E-state index in [-0.39, 0.29) is 12.2 Å². The number of aromatic carboxylic acids is 1. The van der Waals surface area contributed by atoms with Crippen molar-refractivity contribution in [2.45, 2.75) is 0 Å². The number of carboxylic acid groups (broad SMARTS) is 1. The number of halogens is 1. The number of benzene rings is 1. The largest absolute Gasteiger partial charge is 0.478 e. The van der Waals surface area contributed by atoms with Crippen molar-refractivity contribution >= 4 is 23.3 Å². The van der Waals surface area contributed by atoms with Gasteiger partial charge in [0, 0.05) is 5.02 Å². The summed E-state index contributed by atoms with van der Waals surface area (Å²) in [5, 5.41) is 9.19. The van der Waals surface area contributed by atoms with Gasteiger partial charge in [-0.15, -0.1) is 6.42 Å². The van der Waals surface area contributed by atoms with Crippen molar-refractivity contribution in [3.63, 3.8) is 0 Å². The number of carboxylic acids is 1. The molecule has 0 unspecified atom stereocenters. The predicted octanol–water partition coefficient (Wildman–Crippen LogP) is 2.01. The van der Waals surface area contributed by atoms with E-state index in [0.29, 0.717) is 10.7 Å². The lowest BCUT2D eigenvalue weighted by Crippen LogP contribution is -2.07. The Morgan fingerprint density at radius 1 is 1.67 bits per heavy atom. The fourth-order valence-corrected chi connectivity index (χ4v) is 1.11. The molecule has 0 atom stereocenters. The molecule has 0 aliphatic carbocycles. The van der Waals surface area contributed by atoms with Gasteiger partial charge in [-0.3, -0.25) is 10.3 Å². The molecule has 1 aromatic rings. The van der Waals surface area contributed by atoms with Crippen LogP contribution in [0.4, 0.5) is 5.69 Å². The van der Waals surface area contributed by atoms with Gasteiger partial charge in [0.1, 0.15) is 6.61 Å². The van der Waals surface area contributed by atoms with Gasteiger partial charge in [-0.25, -0.2) is 4.79 Å². The first-order valence-corrected chi connectivity index (χ1v) is 4.37. The average molecular weight is 226 g/mol. The van der Waals surface area contributed by atoms with Crippen LogP contribution in [-0.4, -0.2) is 17.7 Å². The molecule has 1 rings (SSSR count). The van der Waals surface area contributed by atoms with Gasteiger partial charge < -0.3 is 5.11 Å². The fourth-order valence-electron chi connectivity index (χ4n) is 0.938. The number of anilines is 1. The maximum absolute atomic E-state index is 10.8. The Balaban J connectivity index is 2.87. The summed E-state index contributed by atoms with van der Waals surface area (Å²) >= 11 is 5.66. The lowest BCUT2D eigenvalue weighted by atomic mass is 10.2. The van der Waals surface area contributed by atoms with Crippen LogP contribution in [0, 0.1) is 12.3 Å². The number of carbonyl (C=O) groups is 1. The topological polar surface area (TPSA) is 58.6 Å². The molecule has 0 aliphatic rings. The Morgan fingerprint density at radius 3 is 3.00 bits per heavy atom. The summed E-state index contributed by atoms with van der Waals surface area (Å²) in [7, 11) is 0. The number of rotatable bonds is 4. The van der Waals surface area contributed by atoms with E-state index < -0.39 is 5.97 Å². The zero-order chi connectivity index (χ0) is 11.3. The molecular weight excluding hydrogens is 218 g/mol. The summed E-state index contributed by atoms with van der Waals surface area (Å²) in [5.74, 6) is 1.15. The highest BCUT2D eigenvalue weighted by Crippen LogP contribution is 2.20.